The maximum atomic E-state index is 9.53. The van der Waals surface area contributed by atoms with Crippen molar-refractivity contribution in [2.45, 2.75) is 37.8 Å². The number of nitrogens with zero attached hydrogens (tertiary/aromatic N) is 1. The van der Waals surface area contributed by atoms with Gasteiger partial charge in [0.2, 0.25) is 0 Å². The van der Waals surface area contributed by atoms with Gasteiger partial charge in [-0.25, -0.2) is 0 Å². The van der Waals surface area contributed by atoms with Gasteiger partial charge < -0.3 is 10.4 Å². The highest BCUT2D eigenvalue weighted by molar-refractivity contribution is 9.10. The van der Waals surface area contributed by atoms with Crippen LogP contribution in [0, 0.1) is 11.3 Å². The largest absolute Gasteiger partial charge is 0.394 e. The molecule has 0 radical (unpaired) electrons. The lowest BCUT2D eigenvalue weighted by Gasteiger charge is -2.28. The molecule has 0 aliphatic heterocycles. The van der Waals surface area contributed by atoms with E-state index in [0.717, 1.165) is 22.9 Å². The Morgan fingerprint density at radius 1 is 1.39 bits per heavy atom. The standard InChI is InChI=1S/C14H17BrN2O/c15-13-7-11(8-16)3-4-12(13)9-17-14(10-18)5-1-2-6-14/h3-4,7,17-18H,1-2,5-6,9-10H2. The molecule has 1 aromatic rings. The first kappa shape index (κ1) is 13.5. The van der Waals surface area contributed by atoms with E-state index in [1.807, 2.05) is 18.2 Å². The highest BCUT2D eigenvalue weighted by Gasteiger charge is 2.32. The minimum absolute atomic E-state index is 0.104. The van der Waals surface area contributed by atoms with Gasteiger partial charge in [-0.3, -0.25) is 0 Å². The minimum Gasteiger partial charge on any atom is -0.394 e. The van der Waals surface area contributed by atoms with Gasteiger partial charge in [-0.05, 0) is 30.5 Å². The molecule has 3 nitrogen and oxygen atoms in total. The van der Waals surface area contributed by atoms with Crippen LogP contribution in [0.15, 0.2) is 22.7 Å². The molecule has 1 aromatic carbocycles. The van der Waals surface area contributed by atoms with Crippen LogP contribution in [0.4, 0.5) is 0 Å². The van der Waals surface area contributed by atoms with Crippen LogP contribution in [-0.2, 0) is 6.54 Å². The molecule has 0 saturated heterocycles. The molecule has 96 valence electrons. The smallest absolute Gasteiger partial charge is 0.0992 e. The van der Waals surface area contributed by atoms with Crippen LogP contribution >= 0.6 is 15.9 Å². The number of hydrogen-bond acceptors (Lipinski definition) is 3. The van der Waals surface area contributed by atoms with E-state index >= 15 is 0 Å². The molecule has 0 heterocycles. The third kappa shape index (κ3) is 2.92. The Kier molecular flexibility index (Phi) is 4.39. The Bertz CT molecular complexity index is 461. The molecule has 0 aromatic heterocycles. The van der Waals surface area contributed by atoms with E-state index in [0.29, 0.717) is 12.1 Å². The topological polar surface area (TPSA) is 56.0 Å². The number of aliphatic hydroxyl groups excluding tert-OH is 1. The number of aliphatic hydroxyl groups is 1. The molecule has 1 aliphatic rings. The Morgan fingerprint density at radius 3 is 2.67 bits per heavy atom. The summed E-state index contributed by atoms with van der Waals surface area (Å²) in [6.45, 7) is 0.910. The SMILES string of the molecule is N#Cc1ccc(CNC2(CO)CCCC2)c(Br)c1. The molecular formula is C14H17BrN2O. The van der Waals surface area contributed by atoms with Crippen LogP contribution in [0.5, 0.6) is 0 Å². The predicted molar refractivity (Wildman–Crippen MR) is 74.0 cm³/mol. The van der Waals surface area contributed by atoms with Gasteiger partial charge in [0.1, 0.15) is 0 Å². The van der Waals surface area contributed by atoms with E-state index in [9.17, 15) is 5.11 Å². The predicted octanol–water partition coefficient (Wildman–Crippen LogP) is 2.72. The lowest BCUT2D eigenvalue weighted by Crippen LogP contribution is -2.45. The summed E-state index contributed by atoms with van der Waals surface area (Å²) in [4.78, 5) is 0. The quantitative estimate of drug-likeness (QED) is 0.899. The molecule has 2 N–H and O–H groups in total. The summed E-state index contributed by atoms with van der Waals surface area (Å²) in [5.74, 6) is 0. The number of hydrogen-bond donors (Lipinski definition) is 2. The molecule has 18 heavy (non-hydrogen) atoms. The van der Waals surface area contributed by atoms with E-state index in [4.69, 9.17) is 5.26 Å². The van der Waals surface area contributed by atoms with Crippen LogP contribution in [0.25, 0.3) is 0 Å². The molecule has 0 unspecified atom stereocenters. The fourth-order valence-corrected chi connectivity index (χ4v) is 3.00. The first-order valence-corrected chi connectivity index (χ1v) is 7.03. The fourth-order valence-electron chi connectivity index (χ4n) is 2.49. The van der Waals surface area contributed by atoms with Crippen molar-refractivity contribution >= 4 is 15.9 Å². The van der Waals surface area contributed by atoms with Crippen molar-refractivity contribution in [3.8, 4) is 6.07 Å². The van der Waals surface area contributed by atoms with Gasteiger partial charge in [0.15, 0.2) is 0 Å². The Hall–Kier alpha value is -0.890. The van der Waals surface area contributed by atoms with Gasteiger partial charge in [-0.15, -0.1) is 0 Å². The maximum Gasteiger partial charge on any atom is 0.0992 e. The van der Waals surface area contributed by atoms with Crippen LogP contribution < -0.4 is 5.32 Å². The molecule has 0 amide bonds. The van der Waals surface area contributed by atoms with Gasteiger partial charge in [0.25, 0.3) is 0 Å². The molecule has 1 aliphatic carbocycles. The lowest BCUT2D eigenvalue weighted by molar-refractivity contribution is 0.163. The minimum atomic E-state index is -0.104. The van der Waals surface area contributed by atoms with E-state index in [1.165, 1.54) is 12.8 Å². The second kappa shape index (κ2) is 5.83. The number of benzene rings is 1. The third-order valence-corrected chi connectivity index (χ3v) is 4.44. The summed E-state index contributed by atoms with van der Waals surface area (Å²) in [6, 6.07) is 7.73. The molecule has 0 spiro atoms. The highest BCUT2D eigenvalue weighted by atomic mass is 79.9. The number of rotatable bonds is 4. The summed E-state index contributed by atoms with van der Waals surface area (Å²) >= 11 is 3.48. The summed E-state index contributed by atoms with van der Waals surface area (Å²) in [5.41, 5.74) is 1.67. The molecule has 1 saturated carbocycles. The normalized spacial score (nSPS) is 17.6. The second-order valence-corrected chi connectivity index (χ2v) is 5.77. The van der Waals surface area contributed by atoms with E-state index in [-0.39, 0.29) is 12.1 Å². The Morgan fingerprint density at radius 2 is 2.11 bits per heavy atom. The fraction of sp³-hybridized carbons (Fsp3) is 0.500. The van der Waals surface area contributed by atoms with Gasteiger partial charge in [0, 0.05) is 16.6 Å². The maximum absolute atomic E-state index is 9.53. The number of halogens is 1. The van der Waals surface area contributed by atoms with Crippen LogP contribution in [-0.4, -0.2) is 17.3 Å². The molecular weight excluding hydrogens is 292 g/mol. The molecule has 2 rings (SSSR count). The zero-order valence-corrected chi connectivity index (χ0v) is 11.8. The molecule has 4 heteroatoms. The first-order chi connectivity index (χ1) is 8.69. The van der Waals surface area contributed by atoms with Crippen LogP contribution in [0.3, 0.4) is 0 Å². The van der Waals surface area contributed by atoms with Crippen molar-refractivity contribution < 1.29 is 5.11 Å². The third-order valence-electron chi connectivity index (χ3n) is 3.70. The highest BCUT2D eigenvalue weighted by Crippen LogP contribution is 2.30. The van der Waals surface area contributed by atoms with Crippen molar-refractivity contribution in [1.29, 1.82) is 5.26 Å². The average molecular weight is 309 g/mol. The van der Waals surface area contributed by atoms with Gasteiger partial charge in [0.05, 0.1) is 18.2 Å². The number of nitrogens with one attached hydrogen (secondary N) is 1. The second-order valence-electron chi connectivity index (χ2n) is 4.92. The van der Waals surface area contributed by atoms with E-state index in [2.05, 4.69) is 27.3 Å². The summed E-state index contributed by atoms with van der Waals surface area (Å²) in [5, 5.41) is 21.8. The zero-order valence-electron chi connectivity index (χ0n) is 10.2. The van der Waals surface area contributed by atoms with Crippen molar-refractivity contribution in [2.24, 2.45) is 0 Å². The molecule has 1 fully saturated rings. The molecule has 0 atom stereocenters. The van der Waals surface area contributed by atoms with Gasteiger partial charge in [-0.1, -0.05) is 34.8 Å². The van der Waals surface area contributed by atoms with Crippen molar-refractivity contribution in [1.82, 2.24) is 5.32 Å². The van der Waals surface area contributed by atoms with Crippen molar-refractivity contribution in [2.75, 3.05) is 6.61 Å². The average Bonchev–Trinajstić information content (AvgIpc) is 2.86. The monoisotopic (exact) mass is 308 g/mol. The summed E-state index contributed by atoms with van der Waals surface area (Å²) < 4.78 is 0.945. The first-order valence-electron chi connectivity index (χ1n) is 6.23. The Labute approximate surface area is 116 Å². The summed E-state index contributed by atoms with van der Waals surface area (Å²) in [6.07, 6.45) is 4.44. The van der Waals surface area contributed by atoms with Crippen molar-refractivity contribution in [3.05, 3.63) is 33.8 Å². The zero-order chi connectivity index (χ0) is 13.0. The Balaban J connectivity index is 2.04. The number of nitriles is 1. The van der Waals surface area contributed by atoms with Crippen LogP contribution in [0.1, 0.15) is 36.8 Å². The van der Waals surface area contributed by atoms with E-state index < -0.39 is 0 Å². The summed E-state index contributed by atoms with van der Waals surface area (Å²) in [7, 11) is 0. The van der Waals surface area contributed by atoms with E-state index in [1.54, 1.807) is 0 Å². The molecule has 0 bridgehead atoms. The van der Waals surface area contributed by atoms with Gasteiger partial charge >= 0.3 is 0 Å². The van der Waals surface area contributed by atoms with Crippen molar-refractivity contribution in [3.63, 3.8) is 0 Å². The van der Waals surface area contributed by atoms with Crippen LogP contribution in [0.2, 0.25) is 0 Å². The van der Waals surface area contributed by atoms with Gasteiger partial charge in [-0.2, -0.15) is 5.26 Å². The lowest BCUT2D eigenvalue weighted by atomic mass is 9.98.